The van der Waals surface area contributed by atoms with Crippen LogP contribution in [0.3, 0.4) is 0 Å². The molecule has 0 radical (unpaired) electrons. The number of fused-ring (bicyclic) bond motifs is 1. The molecule has 2 aromatic rings. The number of carbonyl (C=O) groups is 2. The minimum Gasteiger partial charge on any atom is -0.353 e. The molecule has 30 heavy (non-hydrogen) atoms. The number of hydrogen-bond donors (Lipinski definition) is 2. The van der Waals surface area contributed by atoms with Crippen LogP contribution in [0.4, 0.5) is 0 Å². The van der Waals surface area contributed by atoms with Gasteiger partial charge in [-0.3, -0.25) is 19.6 Å². The molecule has 3 heterocycles. The third-order valence-electron chi connectivity index (χ3n) is 6.60. The lowest BCUT2D eigenvalue weighted by atomic mass is 10.1. The summed E-state index contributed by atoms with van der Waals surface area (Å²) in [4.78, 5) is 29.8. The van der Waals surface area contributed by atoms with Gasteiger partial charge in [0.25, 0.3) is 0 Å². The predicted octanol–water partition coefficient (Wildman–Crippen LogP) is 1.60. The number of aromatic nitrogens is 2. The van der Waals surface area contributed by atoms with E-state index >= 15 is 0 Å². The molecular formula is C23H29N5O2. The fraction of sp³-hybridized carbons (Fsp3) is 0.522. The molecule has 2 aliphatic heterocycles. The number of carbonyl (C=O) groups excluding carboxylic acids is 2. The van der Waals surface area contributed by atoms with Gasteiger partial charge in [0.05, 0.1) is 18.2 Å². The second-order valence-corrected chi connectivity index (χ2v) is 8.69. The Morgan fingerprint density at radius 3 is 2.70 bits per heavy atom. The Morgan fingerprint density at radius 2 is 1.90 bits per heavy atom. The van der Waals surface area contributed by atoms with Crippen LogP contribution in [0.1, 0.15) is 47.7 Å². The van der Waals surface area contributed by atoms with Gasteiger partial charge in [-0.25, -0.2) is 0 Å². The van der Waals surface area contributed by atoms with Crippen molar-refractivity contribution in [3.05, 3.63) is 52.8 Å². The predicted molar refractivity (Wildman–Crippen MR) is 113 cm³/mol. The number of hydrogen-bond acceptors (Lipinski definition) is 4. The van der Waals surface area contributed by atoms with Crippen molar-refractivity contribution >= 4 is 11.8 Å². The standard InChI is InChI=1S/C23H29N5O2/c29-21(27-11-8-18-19(9-12-27)25-26-22(18)17-6-7-17)14-20-23(30)24-10-13-28(20)15-16-4-2-1-3-5-16/h1-5,17,20H,6-15H2,(H,24,30)(H,25,26). The zero-order valence-electron chi connectivity index (χ0n) is 17.3. The van der Waals surface area contributed by atoms with E-state index in [0.29, 0.717) is 32.1 Å². The molecule has 1 aromatic heterocycles. The van der Waals surface area contributed by atoms with Gasteiger partial charge in [-0.1, -0.05) is 30.3 Å². The van der Waals surface area contributed by atoms with Gasteiger partial charge in [0.15, 0.2) is 0 Å². The number of rotatable bonds is 5. The van der Waals surface area contributed by atoms with Crippen LogP contribution in [-0.2, 0) is 29.0 Å². The highest BCUT2D eigenvalue weighted by molar-refractivity contribution is 5.89. The first-order valence-electron chi connectivity index (χ1n) is 11.1. The number of benzene rings is 1. The fourth-order valence-corrected chi connectivity index (χ4v) is 4.74. The lowest BCUT2D eigenvalue weighted by Crippen LogP contribution is -2.56. The van der Waals surface area contributed by atoms with Crippen molar-refractivity contribution in [3.63, 3.8) is 0 Å². The number of nitrogens with one attached hydrogen (secondary N) is 2. The molecule has 5 rings (SSSR count). The summed E-state index contributed by atoms with van der Waals surface area (Å²) in [7, 11) is 0. The molecule has 2 amide bonds. The summed E-state index contributed by atoms with van der Waals surface area (Å²) in [5.74, 6) is 0.650. The fourth-order valence-electron chi connectivity index (χ4n) is 4.74. The molecule has 2 N–H and O–H groups in total. The first kappa shape index (κ1) is 19.3. The Balaban J connectivity index is 1.24. The van der Waals surface area contributed by atoms with E-state index in [1.54, 1.807) is 0 Å². The molecule has 1 aromatic carbocycles. The number of nitrogens with zero attached hydrogens (tertiary/aromatic N) is 3. The molecule has 1 unspecified atom stereocenters. The van der Waals surface area contributed by atoms with Gasteiger partial charge in [0, 0.05) is 50.8 Å². The third kappa shape index (κ3) is 3.99. The maximum atomic E-state index is 13.2. The second kappa shape index (κ2) is 8.22. The monoisotopic (exact) mass is 407 g/mol. The van der Waals surface area contributed by atoms with Crippen molar-refractivity contribution in [2.24, 2.45) is 0 Å². The zero-order chi connectivity index (χ0) is 20.5. The summed E-state index contributed by atoms with van der Waals surface area (Å²) < 4.78 is 0. The molecule has 1 saturated heterocycles. The van der Waals surface area contributed by atoms with Gasteiger partial charge in [-0.05, 0) is 30.4 Å². The molecule has 3 aliphatic rings. The van der Waals surface area contributed by atoms with Gasteiger partial charge in [-0.2, -0.15) is 5.10 Å². The van der Waals surface area contributed by atoms with Gasteiger partial charge in [0.1, 0.15) is 0 Å². The highest BCUT2D eigenvalue weighted by atomic mass is 16.2. The number of H-pyrrole nitrogens is 1. The summed E-state index contributed by atoms with van der Waals surface area (Å²) in [6.45, 7) is 3.47. The smallest absolute Gasteiger partial charge is 0.237 e. The van der Waals surface area contributed by atoms with Crippen LogP contribution < -0.4 is 5.32 Å². The molecule has 2 fully saturated rings. The Bertz CT molecular complexity index is 921. The molecule has 1 aliphatic carbocycles. The average molecular weight is 408 g/mol. The molecule has 0 bridgehead atoms. The number of amides is 2. The first-order valence-corrected chi connectivity index (χ1v) is 11.1. The molecule has 1 saturated carbocycles. The van der Waals surface area contributed by atoms with Crippen LogP contribution in [0, 0.1) is 0 Å². The minimum atomic E-state index is -0.406. The molecule has 158 valence electrons. The van der Waals surface area contributed by atoms with Crippen molar-refractivity contribution in [3.8, 4) is 0 Å². The SMILES string of the molecule is O=C1NCCN(Cc2ccccc2)C1CC(=O)N1CCc2[nH]nc(C3CC3)c2CC1. The van der Waals surface area contributed by atoms with Crippen molar-refractivity contribution in [2.45, 2.75) is 50.6 Å². The van der Waals surface area contributed by atoms with E-state index in [9.17, 15) is 9.59 Å². The van der Waals surface area contributed by atoms with Crippen molar-refractivity contribution < 1.29 is 9.59 Å². The Morgan fingerprint density at radius 1 is 1.10 bits per heavy atom. The molecule has 7 nitrogen and oxygen atoms in total. The molecule has 0 spiro atoms. The Kier molecular flexibility index (Phi) is 5.29. The highest BCUT2D eigenvalue weighted by Gasteiger charge is 2.35. The summed E-state index contributed by atoms with van der Waals surface area (Å²) >= 11 is 0. The summed E-state index contributed by atoms with van der Waals surface area (Å²) in [6.07, 6.45) is 4.36. The molecular weight excluding hydrogens is 378 g/mol. The van der Waals surface area contributed by atoms with Gasteiger partial charge in [0.2, 0.25) is 11.8 Å². The maximum absolute atomic E-state index is 13.2. The van der Waals surface area contributed by atoms with Crippen LogP contribution in [-0.4, -0.2) is 64.0 Å². The quantitative estimate of drug-likeness (QED) is 0.789. The van der Waals surface area contributed by atoms with Crippen LogP contribution in [0.5, 0.6) is 0 Å². The highest BCUT2D eigenvalue weighted by Crippen LogP contribution is 2.41. The average Bonchev–Trinajstić information content (AvgIpc) is 3.55. The lowest BCUT2D eigenvalue weighted by Gasteiger charge is -2.35. The van der Waals surface area contributed by atoms with Crippen molar-refractivity contribution in [1.29, 1.82) is 0 Å². The minimum absolute atomic E-state index is 0.0363. The topological polar surface area (TPSA) is 81.3 Å². The third-order valence-corrected chi connectivity index (χ3v) is 6.60. The Labute approximate surface area is 176 Å². The van der Waals surface area contributed by atoms with E-state index in [1.807, 2.05) is 23.1 Å². The largest absolute Gasteiger partial charge is 0.353 e. The van der Waals surface area contributed by atoms with Crippen LogP contribution in [0.25, 0.3) is 0 Å². The Hall–Kier alpha value is -2.67. The summed E-state index contributed by atoms with van der Waals surface area (Å²) in [6, 6.07) is 9.74. The van der Waals surface area contributed by atoms with Gasteiger partial charge >= 0.3 is 0 Å². The van der Waals surface area contributed by atoms with Crippen LogP contribution in [0.2, 0.25) is 0 Å². The van der Waals surface area contributed by atoms with Crippen molar-refractivity contribution in [1.82, 2.24) is 25.3 Å². The first-order chi connectivity index (χ1) is 14.7. The maximum Gasteiger partial charge on any atom is 0.237 e. The number of piperazine rings is 1. The zero-order valence-corrected chi connectivity index (χ0v) is 17.3. The summed E-state index contributed by atoms with van der Waals surface area (Å²) in [5, 5.41) is 10.7. The number of aromatic amines is 1. The lowest BCUT2D eigenvalue weighted by molar-refractivity contribution is -0.139. The van der Waals surface area contributed by atoms with Gasteiger partial charge in [-0.15, -0.1) is 0 Å². The van der Waals surface area contributed by atoms with E-state index in [-0.39, 0.29) is 18.2 Å². The molecule has 1 atom stereocenters. The second-order valence-electron chi connectivity index (χ2n) is 8.69. The normalized spacial score (nSPS) is 22.3. The van der Waals surface area contributed by atoms with E-state index in [1.165, 1.54) is 29.8 Å². The van der Waals surface area contributed by atoms with E-state index in [4.69, 9.17) is 0 Å². The van der Waals surface area contributed by atoms with Crippen molar-refractivity contribution in [2.75, 3.05) is 26.2 Å². The van der Waals surface area contributed by atoms with Crippen LogP contribution in [0.15, 0.2) is 30.3 Å². The van der Waals surface area contributed by atoms with Gasteiger partial charge < -0.3 is 10.2 Å². The summed E-state index contributed by atoms with van der Waals surface area (Å²) in [5.41, 5.74) is 4.90. The van der Waals surface area contributed by atoms with E-state index < -0.39 is 6.04 Å². The van der Waals surface area contributed by atoms with E-state index in [0.717, 1.165) is 24.9 Å². The van der Waals surface area contributed by atoms with E-state index in [2.05, 4.69) is 32.5 Å². The van der Waals surface area contributed by atoms with Crippen LogP contribution >= 0.6 is 0 Å². The molecule has 7 heteroatoms.